The number of benzene rings is 2. The normalized spacial score (nSPS) is 22.6. The van der Waals surface area contributed by atoms with E-state index in [0.29, 0.717) is 5.92 Å². The fourth-order valence-corrected chi connectivity index (χ4v) is 2.81. The monoisotopic (exact) mass is 274 g/mol. The van der Waals surface area contributed by atoms with Crippen LogP contribution in [0.3, 0.4) is 0 Å². The van der Waals surface area contributed by atoms with Crippen molar-refractivity contribution in [3.63, 3.8) is 0 Å². The number of hydrogen-bond acceptors (Lipinski definition) is 1. The van der Waals surface area contributed by atoms with Crippen LogP contribution in [-0.4, -0.2) is 11.2 Å². The summed E-state index contributed by atoms with van der Waals surface area (Å²) >= 11 is 0. The number of halogens is 2. The lowest BCUT2D eigenvalue weighted by Gasteiger charge is -2.11. The molecule has 1 N–H and O–H groups in total. The van der Waals surface area contributed by atoms with Crippen molar-refractivity contribution in [1.29, 1.82) is 0 Å². The van der Waals surface area contributed by atoms with E-state index in [1.807, 2.05) is 30.3 Å². The van der Waals surface area contributed by atoms with Gasteiger partial charge in [-0.2, -0.15) is 0 Å². The second-order valence-corrected chi connectivity index (χ2v) is 5.40. The number of aliphatic hydroxyl groups excluding tert-OH is 1. The van der Waals surface area contributed by atoms with Gasteiger partial charge in [0, 0.05) is 6.42 Å². The summed E-state index contributed by atoms with van der Waals surface area (Å²) in [4.78, 5) is 0. The third-order valence-electron chi connectivity index (χ3n) is 4.02. The smallest absolute Gasteiger partial charge is 0.162 e. The highest BCUT2D eigenvalue weighted by Gasteiger charge is 2.43. The Hall–Kier alpha value is -1.74. The maximum Gasteiger partial charge on any atom is 0.162 e. The summed E-state index contributed by atoms with van der Waals surface area (Å²) in [6.07, 6.45) is 0.441. The Morgan fingerprint density at radius 3 is 2.55 bits per heavy atom. The molecule has 0 aliphatic heterocycles. The molecule has 1 aliphatic rings. The zero-order valence-electron chi connectivity index (χ0n) is 11.0. The molecule has 3 rings (SSSR count). The predicted octanol–water partition coefficient (Wildman–Crippen LogP) is 3.67. The molecule has 0 aromatic heterocycles. The maximum atomic E-state index is 13.6. The zero-order chi connectivity index (χ0) is 14.1. The quantitative estimate of drug-likeness (QED) is 0.902. The molecule has 0 heterocycles. The Bertz CT molecular complexity index is 597. The molecule has 104 valence electrons. The van der Waals surface area contributed by atoms with Crippen LogP contribution in [0.15, 0.2) is 48.5 Å². The molecule has 1 nitrogen and oxygen atoms in total. The molecule has 0 spiro atoms. The Kier molecular flexibility index (Phi) is 3.53. The number of hydrogen-bond donors (Lipinski definition) is 1. The first kappa shape index (κ1) is 13.3. The minimum atomic E-state index is -0.856. The Morgan fingerprint density at radius 1 is 1.05 bits per heavy atom. The molecule has 3 unspecified atom stereocenters. The van der Waals surface area contributed by atoms with Crippen LogP contribution in [-0.2, 0) is 6.42 Å². The molecule has 2 aromatic carbocycles. The minimum Gasteiger partial charge on any atom is -0.392 e. The fourth-order valence-electron chi connectivity index (χ4n) is 2.81. The van der Waals surface area contributed by atoms with E-state index >= 15 is 0 Å². The molecule has 0 amide bonds. The second kappa shape index (κ2) is 5.33. The van der Waals surface area contributed by atoms with Gasteiger partial charge in [-0.1, -0.05) is 42.5 Å². The Morgan fingerprint density at radius 2 is 1.80 bits per heavy atom. The van der Waals surface area contributed by atoms with E-state index in [1.165, 1.54) is 17.7 Å². The maximum absolute atomic E-state index is 13.6. The lowest BCUT2D eigenvalue weighted by atomic mass is 10.0. The second-order valence-electron chi connectivity index (χ2n) is 5.40. The van der Waals surface area contributed by atoms with Gasteiger partial charge in [-0.15, -0.1) is 0 Å². The topological polar surface area (TPSA) is 20.2 Å². The van der Waals surface area contributed by atoms with Crippen molar-refractivity contribution in [3.05, 3.63) is 71.3 Å². The van der Waals surface area contributed by atoms with E-state index in [2.05, 4.69) is 0 Å². The first-order chi connectivity index (χ1) is 9.66. The van der Waals surface area contributed by atoms with Crippen molar-refractivity contribution in [2.75, 3.05) is 0 Å². The van der Waals surface area contributed by atoms with Gasteiger partial charge in [-0.3, -0.25) is 0 Å². The van der Waals surface area contributed by atoms with Crippen molar-refractivity contribution in [3.8, 4) is 0 Å². The number of aliphatic hydroxyl groups is 1. The highest BCUT2D eigenvalue weighted by molar-refractivity contribution is 5.27. The zero-order valence-corrected chi connectivity index (χ0v) is 11.0. The van der Waals surface area contributed by atoms with Crippen LogP contribution in [0.1, 0.15) is 23.5 Å². The summed E-state index contributed by atoms with van der Waals surface area (Å²) in [6.45, 7) is 0. The lowest BCUT2D eigenvalue weighted by molar-refractivity contribution is 0.148. The van der Waals surface area contributed by atoms with Crippen molar-refractivity contribution in [2.45, 2.75) is 24.9 Å². The molecule has 1 saturated carbocycles. The average Bonchev–Trinajstić information content (AvgIpc) is 3.25. The van der Waals surface area contributed by atoms with Crippen LogP contribution in [0.4, 0.5) is 8.78 Å². The summed E-state index contributed by atoms with van der Waals surface area (Å²) < 4.78 is 26.7. The van der Waals surface area contributed by atoms with Gasteiger partial charge in [-0.05, 0) is 35.4 Å². The average molecular weight is 274 g/mol. The lowest BCUT2D eigenvalue weighted by Crippen LogP contribution is -2.15. The third kappa shape index (κ3) is 2.59. The summed E-state index contributed by atoms with van der Waals surface area (Å²) in [6, 6.07) is 14.1. The van der Waals surface area contributed by atoms with Gasteiger partial charge < -0.3 is 5.11 Å². The SMILES string of the molecule is OC(Cc1cccc(F)c1F)C1CC1c1ccccc1. The van der Waals surface area contributed by atoms with Crippen molar-refractivity contribution in [1.82, 2.24) is 0 Å². The van der Waals surface area contributed by atoms with Gasteiger partial charge in [0.1, 0.15) is 0 Å². The Labute approximate surface area is 116 Å². The summed E-state index contributed by atoms with van der Waals surface area (Å²) in [5, 5.41) is 10.2. The van der Waals surface area contributed by atoms with Crippen LogP contribution in [0, 0.1) is 17.6 Å². The number of rotatable bonds is 4. The molecule has 0 saturated heterocycles. The molecule has 20 heavy (non-hydrogen) atoms. The predicted molar refractivity (Wildman–Crippen MR) is 73.4 cm³/mol. The largest absolute Gasteiger partial charge is 0.392 e. The van der Waals surface area contributed by atoms with E-state index < -0.39 is 17.7 Å². The van der Waals surface area contributed by atoms with E-state index in [0.717, 1.165) is 12.5 Å². The van der Waals surface area contributed by atoms with E-state index in [1.54, 1.807) is 0 Å². The molecule has 3 atom stereocenters. The van der Waals surface area contributed by atoms with Crippen LogP contribution in [0.5, 0.6) is 0 Å². The molecule has 0 radical (unpaired) electrons. The molecular weight excluding hydrogens is 258 g/mol. The first-order valence-corrected chi connectivity index (χ1v) is 6.82. The van der Waals surface area contributed by atoms with E-state index in [9.17, 15) is 13.9 Å². The molecule has 1 fully saturated rings. The third-order valence-corrected chi connectivity index (χ3v) is 4.02. The standard InChI is InChI=1S/C17H16F2O/c18-15-8-4-7-12(17(15)19)9-16(20)14-10-13(14)11-5-2-1-3-6-11/h1-8,13-14,16,20H,9-10H2. The Balaban J connectivity index is 1.67. The first-order valence-electron chi connectivity index (χ1n) is 6.82. The molecule has 3 heteroatoms. The van der Waals surface area contributed by atoms with Gasteiger partial charge >= 0.3 is 0 Å². The van der Waals surface area contributed by atoms with Crippen LogP contribution >= 0.6 is 0 Å². The van der Waals surface area contributed by atoms with Crippen LogP contribution in [0.2, 0.25) is 0 Å². The van der Waals surface area contributed by atoms with Gasteiger partial charge in [0.05, 0.1) is 6.10 Å². The highest BCUT2D eigenvalue weighted by atomic mass is 19.2. The van der Waals surface area contributed by atoms with Gasteiger partial charge in [0.15, 0.2) is 11.6 Å². The van der Waals surface area contributed by atoms with Crippen molar-refractivity contribution >= 4 is 0 Å². The minimum absolute atomic E-state index is 0.139. The highest BCUT2D eigenvalue weighted by Crippen LogP contribution is 2.50. The van der Waals surface area contributed by atoms with Crippen LogP contribution < -0.4 is 0 Å². The van der Waals surface area contributed by atoms with E-state index in [4.69, 9.17) is 0 Å². The van der Waals surface area contributed by atoms with Gasteiger partial charge in [-0.25, -0.2) is 8.78 Å². The molecule has 1 aliphatic carbocycles. The van der Waals surface area contributed by atoms with Crippen molar-refractivity contribution in [2.24, 2.45) is 5.92 Å². The molecule has 2 aromatic rings. The van der Waals surface area contributed by atoms with Gasteiger partial charge in [0.2, 0.25) is 0 Å². The van der Waals surface area contributed by atoms with Crippen LogP contribution in [0.25, 0.3) is 0 Å². The fraction of sp³-hybridized carbons (Fsp3) is 0.294. The van der Waals surface area contributed by atoms with Gasteiger partial charge in [0.25, 0.3) is 0 Å². The van der Waals surface area contributed by atoms with E-state index in [-0.39, 0.29) is 17.9 Å². The summed E-state index contributed by atoms with van der Waals surface area (Å²) in [7, 11) is 0. The molecule has 0 bridgehead atoms. The van der Waals surface area contributed by atoms with Crippen molar-refractivity contribution < 1.29 is 13.9 Å². The summed E-state index contributed by atoms with van der Waals surface area (Å²) in [5.74, 6) is -1.23. The molecular formula is C17H16F2O. The summed E-state index contributed by atoms with van der Waals surface area (Å²) in [5.41, 5.74) is 1.45.